The Balaban J connectivity index is 1.76. The van der Waals surface area contributed by atoms with Gasteiger partial charge in [0.05, 0.1) is 5.75 Å². The van der Waals surface area contributed by atoms with Crippen LogP contribution < -0.4 is 4.72 Å². The van der Waals surface area contributed by atoms with Gasteiger partial charge in [-0.15, -0.1) is 0 Å². The molecule has 0 spiro atoms. The quantitative estimate of drug-likeness (QED) is 0.811. The molecule has 0 saturated carbocycles. The van der Waals surface area contributed by atoms with Crippen LogP contribution in [-0.2, 0) is 27.0 Å². The normalized spacial score (nSPS) is 15.8. The number of likely N-dealkylation sites (tertiary alicyclic amines) is 1. The number of hydrogen-bond acceptors (Lipinski definition) is 3. The molecule has 5 nitrogen and oxygen atoms in total. The maximum absolute atomic E-state index is 12.9. The van der Waals surface area contributed by atoms with Gasteiger partial charge in [0.25, 0.3) is 0 Å². The second kappa shape index (κ2) is 8.47. The van der Waals surface area contributed by atoms with Gasteiger partial charge in [0.15, 0.2) is 0 Å². The molecule has 0 aromatic heterocycles. The zero-order valence-corrected chi connectivity index (χ0v) is 15.5. The topological polar surface area (TPSA) is 66.5 Å². The summed E-state index contributed by atoms with van der Waals surface area (Å²) in [4.78, 5) is 14.6. The number of sulfonamides is 1. The minimum absolute atomic E-state index is 0.133. The van der Waals surface area contributed by atoms with Gasteiger partial charge in [-0.3, -0.25) is 4.79 Å². The zero-order chi connectivity index (χ0) is 18.4. The lowest BCUT2D eigenvalue weighted by molar-refractivity contribution is -0.131. The molecular weight excluding hydrogens is 348 g/mol. The van der Waals surface area contributed by atoms with Crippen molar-refractivity contribution in [2.75, 3.05) is 13.1 Å². The molecule has 1 amide bonds. The molecular formula is C20H24N2O3S. The van der Waals surface area contributed by atoms with Crippen LogP contribution in [0.15, 0.2) is 60.7 Å². The Morgan fingerprint density at radius 2 is 1.46 bits per heavy atom. The molecule has 1 fully saturated rings. The van der Waals surface area contributed by atoms with Crippen molar-refractivity contribution >= 4 is 15.9 Å². The lowest BCUT2D eigenvalue weighted by atomic mass is 10.1. The van der Waals surface area contributed by atoms with Gasteiger partial charge in [-0.25, -0.2) is 13.1 Å². The maximum Gasteiger partial charge on any atom is 0.241 e. The molecule has 2 aromatic carbocycles. The first-order valence-corrected chi connectivity index (χ1v) is 10.6. The van der Waals surface area contributed by atoms with Gasteiger partial charge in [0.1, 0.15) is 6.04 Å². The molecule has 6 heteroatoms. The molecule has 0 aliphatic carbocycles. The van der Waals surface area contributed by atoms with Crippen molar-refractivity contribution in [2.45, 2.75) is 31.1 Å². The molecule has 1 heterocycles. The molecule has 2 aromatic rings. The average molecular weight is 372 g/mol. The van der Waals surface area contributed by atoms with Crippen molar-refractivity contribution in [1.29, 1.82) is 0 Å². The summed E-state index contributed by atoms with van der Waals surface area (Å²) in [5, 5.41) is 0. The van der Waals surface area contributed by atoms with Gasteiger partial charge in [-0.1, -0.05) is 60.7 Å². The van der Waals surface area contributed by atoms with Crippen LogP contribution in [0.2, 0.25) is 0 Å². The Labute approximate surface area is 155 Å². The van der Waals surface area contributed by atoms with E-state index in [4.69, 9.17) is 0 Å². The molecule has 138 valence electrons. The summed E-state index contributed by atoms with van der Waals surface area (Å²) in [6.07, 6.45) is 2.30. The van der Waals surface area contributed by atoms with Crippen LogP contribution in [0.1, 0.15) is 24.0 Å². The summed E-state index contributed by atoms with van der Waals surface area (Å²) in [6.45, 7) is 1.40. The van der Waals surface area contributed by atoms with Crippen LogP contribution in [0.3, 0.4) is 0 Å². The number of nitrogens with zero attached hydrogens (tertiary/aromatic N) is 1. The maximum atomic E-state index is 12.9. The van der Waals surface area contributed by atoms with Crippen molar-refractivity contribution in [3.63, 3.8) is 0 Å². The molecule has 1 aliphatic heterocycles. The summed E-state index contributed by atoms with van der Waals surface area (Å²) < 4.78 is 27.9. The van der Waals surface area contributed by atoms with Crippen molar-refractivity contribution in [3.8, 4) is 0 Å². The summed E-state index contributed by atoms with van der Waals surface area (Å²) in [5.41, 5.74) is 1.64. The van der Waals surface area contributed by atoms with E-state index in [0.29, 0.717) is 25.1 Å². The summed E-state index contributed by atoms with van der Waals surface area (Å²) in [7, 11) is -3.63. The van der Waals surface area contributed by atoms with Crippen LogP contribution in [0.4, 0.5) is 0 Å². The Hall–Kier alpha value is -2.18. The molecule has 26 heavy (non-hydrogen) atoms. The van der Waals surface area contributed by atoms with E-state index in [9.17, 15) is 13.2 Å². The number of carbonyl (C=O) groups excluding carboxylic acids is 1. The van der Waals surface area contributed by atoms with Crippen LogP contribution in [0, 0.1) is 0 Å². The van der Waals surface area contributed by atoms with Crippen LogP contribution in [0.25, 0.3) is 0 Å². The third kappa shape index (κ3) is 5.16. The van der Waals surface area contributed by atoms with Gasteiger partial charge in [-0.2, -0.15) is 0 Å². The second-order valence-corrected chi connectivity index (χ2v) is 8.39. The van der Waals surface area contributed by atoms with E-state index in [1.54, 1.807) is 17.0 Å². The van der Waals surface area contributed by atoms with E-state index in [2.05, 4.69) is 4.72 Å². The molecule has 1 N–H and O–H groups in total. The van der Waals surface area contributed by atoms with E-state index in [-0.39, 0.29) is 11.7 Å². The fraction of sp³-hybridized carbons (Fsp3) is 0.350. The van der Waals surface area contributed by atoms with Crippen molar-refractivity contribution in [3.05, 3.63) is 71.8 Å². The first kappa shape index (κ1) is 18.6. The lowest BCUT2D eigenvalue weighted by Gasteiger charge is -2.24. The molecule has 0 radical (unpaired) electrons. The van der Waals surface area contributed by atoms with E-state index >= 15 is 0 Å². The van der Waals surface area contributed by atoms with Gasteiger partial charge in [-0.05, 0) is 30.4 Å². The monoisotopic (exact) mass is 372 g/mol. The summed E-state index contributed by atoms with van der Waals surface area (Å²) in [6, 6.07) is 17.7. The Bertz CT molecular complexity index is 817. The molecule has 1 aliphatic rings. The predicted octanol–water partition coefficient (Wildman–Crippen LogP) is 2.34. The Kier molecular flexibility index (Phi) is 6.06. The lowest BCUT2D eigenvalue weighted by Crippen LogP contribution is -2.49. The van der Waals surface area contributed by atoms with Gasteiger partial charge < -0.3 is 4.90 Å². The Morgan fingerprint density at radius 1 is 0.923 bits per heavy atom. The van der Waals surface area contributed by atoms with Crippen LogP contribution in [0.5, 0.6) is 0 Å². The molecule has 0 unspecified atom stereocenters. The number of hydrogen-bond donors (Lipinski definition) is 1. The third-order valence-corrected chi connectivity index (χ3v) is 5.88. The van der Waals surface area contributed by atoms with Gasteiger partial charge in [0, 0.05) is 13.1 Å². The number of amides is 1. The molecule has 3 rings (SSSR count). The van der Waals surface area contributed by atoms with E-state index in [0.717, 1.165) is 18.4 Å². The molecule has 0 bridgehead atoms. The summed E-state index contributed by atoms with van der Waals surface area (Å²) >= 11 is 0. The van der Waals surface area contributed by atoms with E-state index in [1.807, 2.05) is 48.5 Å². The second-order valence-electron chi connectivity index (χ2n) is 6.64. The first-order valence-electron chi connectivity index (χ1n) is 8.90. The first-order chi connectivity index (χ1) is 12.5. The molecule has 1 atom stereocenters. The van der Waals surface area contributed by atoms with Gasteiger partial charge in [0.2, 0.25) is 15.9 Å². The van der Waals surface area contributed by atoms with E-state index in [1.165, 1.54) is 0 Å². The predicted molar refractivity (Wildman–Crippen MR) is 102 cm³/mol. The van der Waals surface area contributed by atoms with Crippen molar-refractivity contribution in [1.82, 2.24) is 9.62 Å². The standard InChI is InChI=1S/C20H24N2O3S/c23-20(22-13-7-8-14-22)19(15-17-9-3-1-4-10-17)21-26(24,25)16-18-11-5-2-6-12-18/h1-6,9-12,19,21H,7-8,13-16H2/t19-/m0/s1. The summed E-state index contributed by atoms with van der Waals surface area (Å²) in [5.74, 6) is -0.269. The van der Waals surface area contributed by atoms with Crippen molar-refractivity contribution < 1.29 is 13.2 Å². The highest BCUT2D eigenvalue weighted by Gasteiger charge is 2.30. The van der Waals surface area contributed by atoms with Crippen LogP contribution in [-0.4, -0.2) is 38.4 Å². The fourth-order valence-electron chi connectivity index (χ4n) is 3.24. The highest BCUT2D eigenvalue weighted by Crippen LogP contribution is 2.14. The SMILES string of the molecule is O=C([C@H](Cc1ccccc1)NS(=O)(=O)Cc1ccccc1)N1CCCC1. The zero-order valence-electron chi connectivity index (χ0n) is 14.7. The highest BCUT2D eigenvalue weighted by molar-refractivity contribution is 7.88. The van der Waals surface area contributed by atoms with Crippen molar-refractivity contribution in [2.24, 2.45) is 0 Å². The smallest absolute Gasteiger partial charge is 0.241 e. The third-order valence-electron chi connectivity index (χ3n) is 4.52. The number of carbonyl (C=O) groups is 1. The van der Waals surface area contributed by atoms with Crippen LogP contribution >= 0.6 is 0 Å². The molecule has 1 saturated heterocycles. The fourth-order valence-corrected chi connectivity index (χ4v) is 4.57. The number of nitrogens with one attached hydrogen (secondary N) is 1. The van der Waals surface area contributed by atoms with Gasteiger partial charge >= 0.3 is 0 Å². The number of benzene rings is 2. The largest absolute Gasteiger partial charge is 0.341 e. The highest BCUT2D eigenvalue weighted by atomic mass is 32.2. The Morgan fingerprint density at radius 3 is 2.04 bits per heavy atom. The minimum atomic E-state index is -3.63. The van der Waals surface area contributed by atoms with E-state index < -0.39 is 16.1 Å². The minimum Gasteiger partial charge on any atom is -0.341 e. The number of rotatable bonds is 7. The average Bonchev–Trinajstić information content (AvgIpc) is 3.16.